The number of nitrogens with zero attached hydrogens (tertiary/aromatic N) is 1. The average Bonchev–Trinajstić information content (AvgIpc) is 2.33. The quantitative estimate of drug-likeness (QED) is 0.786. The second-order valence-corrected chi connectivity index (χ2v) is 5.29. The zero-order valence-electron chi connectivity index (χ0n) is 10.3. The summed E-state index contributed by atoms with van der Waals surface area (Å²) in [7, 11) is 0. The molecular formula is C14H19ClFN. The highest BCUT2D eigenvalue weighted by molar-refractivity contribution is 6.31. The minimum Gasteiger partial charge on any atom is -0.299 e. The van der Waals surface area contributed by atoms with Crippen LogP contribution in [0.1, 0.15) is 31.7 Å². The maximum Gasteiger partial charge on any atom is 0.124 e. The van der Waals surface area contributed by atoms with E-state index in [1.165, 1.54) is 31.4 Å². The van der Waals surface area contributed by atoms with E-state index < -0.39 is 0 Å². The second-order valence-electron chi connectivity index (χ2n) is 4.89. The molecule has 1 aliphatic heterocycles. The lowest BCUT2D eigenvalue weighted by atomic mass is 9.95. The van der Waals surface area contributed by atoms with E-state index in [-0.39, 0.29) is 5.82 Å². The second kappa shape index (κ2) is 5.83. The molecule has 1 atom stereocenters. The fraction of sp³-hybridized carbons (Fsp3) is 0.571. The fourth-order valence-corrected chi connectivity index (χ4v) is 2.75. The van der Waals surface area contributed by atoms with Crippen molar-refractivity contribution in [3.05, 3.63) is 34.6 Å². The van der Waals surface area contributed by atoms with E-state index in [0.29, 0.717) is 5.02 Å². The van der Waals surface area contributed by atoms with Crippen LogP contribution in [0.4, 0.5) is 4.39 Å². The summed E-state index contributed by atoms with van der Waals surface area (Å²) >= 11 is 6.05. The van der Waals surface area contributed by atoms with Crippen LogP contribution in [0.2, 0.25) is 5.02 Å². The molecule has 1 saturated heterocycles. The Bertz CT molecular complexity index is 380. The average molecular weight is 256 g/mol. The van der Waals surface area contributed by atoms with Crippen LogP contribution < -0.4 is 0 Å². The first kappa shape index (κ1) is 12.8. The molecule has 0 bridgehead atoms. The Morgan fingerprint density at radius 1 is 1.47 bits per heavy atom. The molecule has 1 aromatic carbocycles. The van der Waals surface area contributed by atoms with Gasteiger partial charge in [0.05, 0.1) is 0 Å². The van der Waals surface area contributed by atoms with E-state index in [2.05, 4.69) is 11.8 Å². The van der Waals surface area contributed by atoms with E-state index in [9.17, 15) is 4.39 Å². The Morgan fingerprint density at radius 2 is 2.29 bits per heavy atom. The van der Waals surface area contributed by atoms with Crippen LogP contribution in [0.5, 0.6) is 0 Å². The molecule has 0 radical (unpaired) electrons. The maximum absolute atomic E-state index is 12.9. The lowest BCUT2D eigenvalue weighted by Crippen LogP contribution is -2.34. The van der Waals surface area contributed by atoms with Crippen molar-refractivity contribution in [2.45, 2.75) is 32.7 Å². The van der Waals surface area contributed by atoms with Crippen molar-refractivity contribution in [2.24, 2.45) is 5.92 Å². The first-order valence-electron chi connectivity index (χ1n) is 6.35. The van der Waals surface area contributed by atoms with Gasteiger partial charge in [0, 0.05) is 18.1 Å². The highest BCUT2D eigenvalue weighted by atomic mass is 35.5. The number of piperidine rings is 1. The number of likely N-dealkylation sites (tertiary alicyclic amines) is 1. The zero-order chi connectivity index (χ0) is 12.3. The minimum absolute atomic E-state index is 0.260. The molecule has 1 heterocycles. The van der Waals surface area contributed by atoms with Crippen LogP contribution in [-0.2, 0) is 6.54 Å². The Morgan fingerprint density at radius 3 is 3.00 bits per heavy atom. The summed E-state index contributed by atoms with van der Waals surface area (Å²) in [6, 6.07) is 4.69. The van der Waals surface area contributed by atoms with Crippen molar-refractivity contribution in [1.82, 2.24) is 4.90 Å². The first-order chi connectivity index (χ1) is 8.19. The Balaban J connectivity index is 2.00. The van der Waals surface area contributed by atoms with Gasteiger partial charge in [-0.2, -0.15) is 0 Å². The van der Waals surface area contributed by atoms with Crippen LogP contribution in [0.3, 0.4) is 0 Å². The van der Waals surface area contributed by atoms with E-state index >= 15 is 0 Å². The molecule has 0 aromatic heterocycles. The van der Waals surface area contributed by atoms with Crippen molar-refractivity contribution in [3.63, 3.8) is 0 Å². The van der Waals surface area contributed by atoms with Crippen LogP contribution >= 0.6 is 11.6 Å². The third-order valence-corrected chi connectivity index (χ3v) is 3.94. The van der Waals surface area contributed by atoms with Gasteiger partial charge in [-0.05, 0) is 43.0 Å². The number of rotatable bonds is 3. The SMILES string of the molecule is CCC1CCCN(Cc2ccc(F)cc2Cl)C1. The zero-order valence-corrected chi connectivity index (χ0v) is 11.0. The predicted molar refractivity (Wildman–Crippen MR) is 69.7 cm³/mol. The van der Waals surface area contributed by atoms with Crippen molar-refractivity contribution >= 4 is 11.6 Å². The first-order valence-corrected chi connectivity index (χ1v) is 6.73. The molecule has 1 unspecified atom stereocenters. The van der Waals surface area contributed by atoms with Gasteiger partial charge in [0.1, 0.15) is 5.82 Å². The molecule has 0 N–H and O–H groups in total. The molecule has 0 saturated carbocycles. The molecule has 1 fully saturated rings. The summed E-state index contributed by atoms with van der Waals surface area (Å²) in [4.78, 5) is 2.43. The van der Waals surface area contributed by atoms with E-state index in [1.54, 1.807) is 6.07 Å². The number of hydrogen-bond acceptors (Lipinski definition) is 1. The lowest BCUT2D eigenvalue weighted by molar-refractivity contribution is 0.165. The summed E-state index contributed by atoms with van der Waals surface area (Å²) in [6.45, 7) is 5.36. The predicted octanol–water partition coefficient (Wildman–Crippen LogP) is 4.10. The molecule has 1 aromatic rings. The monoisotopic (exact) mass is 255 g/mol. The molecule has 1 aliphatic rings. The molecular weight excluding hydrogens is 237 g/mol. The van der Waals surface area contributed by atoms with E-state index in [4.69, 9.17) is 11.6 Å². The van der Waals surface area contributed by atoms with Gasteiger partial charge < -0.3 is 0 Å². The standard InChI is InChI=1S/C14H19ClFN/c1-2-11-4-3-7-17(9-11)10-12-5-6-13(16)8-14(12)15/h5-6,8,11H,2-4,7,9-10H2,1H3. The van der Waals surface area contributed by atoms with Gasteiger partial charge in [0.25, 0.3) is 0 Å². The van der Waals surface area contributed by atoms with Gasteiger partial charge in [-0.3, -0.25) is 4.90 Å². The van der Waals surface area contributed by atoms with Gasteiger partial charge in [0.2, 0.25) is 0 Å². The van der Waals surface area contributed by atoms with E-state index in [0.717, 1.165) is 31.1 Å². The molecule has 94 valence electrons. The highest BCUT2D eigenvalue weighted by Gasteiger charge is 2.19. The van der Waals surface area contributed by atoms with E-state index in [1.807, 2.05) is 0 Å². The molecule has 3 heteroatoms. The number of hydrogen-bond donors (Lipinski definition) is 0. The molecule has 17 heavy (non-hydrogen) atoms. The van der Waals surface area contributed by atoms with Crippen LogP contribution in [-0.4, -0.2) is 18.0 Å². The lowest BCUT2D eigenvalue weighted by Gasteiger charge is -2.32. The highest BCUT2D eigenvalue weighted by Crippen LogP contribution is 2.24. The molecule has 0 spiro atoms. The Labute approximate surface area is 108 Å². The Kier molecular flexibility index (Phi) is 4.41. The largest absolute Gasteiger partial charge is 0.299 e. The topological polar surface area (TPSA) is 3.24 Å². The fourth-order valence-electron chi connectivity index (χ4n) is 2.52. The summed E-state index contributed by atoms with van der Waals surface area (Å²) in [6.07, 6.45) is 3.84. The summed E-state index contributed by atoms with van der Waals surface area (Å²) < 4.78 is 12.9. The van der Waals surface area contributed by atoms with Gasteiger partial charge in [0.15, 0.2) is 0 Å². The van der Waals surface area contributed by atoms with Crippen molar-refractivity contribution in [2.75, 3.05) is 13.1 Å². The third-order valence-electron chi connectivity index (χ3n) is 3.59. The molecule has 2 rings (SSSR count). The summed E-state index contributed by atoms with van der Waals surface area (Å²) in [5, 5.41) is 0.545. The number of benzene rings is 1. The minimum atomic E-state index is -0.260. The van der Waals surface area contributed by atoms with Gasteiger partial charge in [-0.15, -0.1) is 0 Å². The summed E-state index contributed by atoms with van der Waals surface area (Å²) in [5.41, 5.74) is 1.03. The smallest absolute Gasteiger partial charge is 0.124 e. The van der Waals surface area contributed by atoms with Crippen molar-refractivity contribution < 1.29 is 4.39 Å². The van der Waals surface area contributed by atoms with Crippen LogP contribution in [0.15, 0.2) is 18.2 Å². The molecule has 1 nitrogen and oxygen atoms in total. The van der Waals surface area contributed by atoms with Crippen molar-refractivity contribution in [3.8, 4) is 0 Å². The third kappa shape index (κ3) is 3.43. The molecule has 0 aliphatic carbocycles. The summed E-state index contributed by atoms with van der Waals surface area (Å²) in [5.74, 6) is 0.548. The normalized spacial score (nSPS) is 21.7. The van der Waals surface area contributed by atoms with Crippen LogP contribution in [0, 0.1) is 11.7 Å². The maximum atomic E-state index is 12.9. The van der Waals surface area contributed by atoms with Crippen molar-refractivity contribution in [1.29, 1.82) is 0 Å². The van der Waals surface area contributed by atoms with Gasteiger partial charge in [-0.1, -0.05) is 31.0 Å². The van der Waals surface area contributed by atoms with Gasteiger partial charge >= 0.3 is 0 Å². The molecule has 0 amide bonds. The van der Waals surface area contributed by atoms with Gasteiger partial charge in [-0.25, -0.2) is 4.39 Å². The number of halogens is 2. The Hall–Kier alpha value is -0.600. The van der Waals surface area contributed by atoms with Crippen LogP contribution in [0.25, 0.3) is 0 Å².